The Hall–Kier alpha value is -3.72. The molecule has 192 valence electrons. The van der Waals surface area contributed by atoms with E-state index >= 15 is 0 Å². The summed E-state index contributed by atoms with van der Waals surface area (Å²) in [5.74, 6) is 2.01. The first-order valence-electron chi connectivity index (χ1n) is 13.9. The Bertz CT molecular complexity index is 1700. The van der Waals surface area contributed by atoms with Crippen molar-refractivity contribution in [3.63, 3.8) is 0 Å². The van der Waals surface area contributed by atoms with Crippen molar-refractivity contribution in [1.82, 2.24) is 9.55 Å². The van der Waals surface area contributed by atoms with Gasteiger partial charge in [-0.2, -0.15) is 4.57 Å². The molecule has 3 nitrogen and oxygen atoms in total. The smallest absolute Gasteiger partial charge is 0.257 e. The molecular weight excluding hydrogens is 462 g/mol. The number of nitrogens with zero attached hydrogens (tertiary/aromatic N) is 3. The third-order valence-electron chi connectivity index (χ3n) is 8.26. The molecule has 3 heteroatoms. The van der Waals surface area contributed by atoms with Gasteiger partial charge in [-0.25, -0.2) is 4.57 Å². The largest absolute Gasteiger partial charge is 0.295 e. The number of aryl methyl sites for hydroxylation is 4. The van der Waals surface area contributed by atoms with E-state index in [1.165, 1.54) is 72.7 Å². The molecule has 0 bridgehead atoms. The molecule has 0 N–H and O–H groups in total. The van der Waals surface area contributed by atoms with Gasteiger partial charge in [0.1, 0.15) is 5.69 Å². The Balaban J connectivity index is 1.87. The van der Waals surface area contributed by atoms with Crippen LogP contribution >= 0.6 is 0 Å². The van der Waals surface area contributed by atoms with E-state index in [9.17, 15) is 0 Å². The van der Waals surface area contributed by atoms with Crippen molar-refractivity contribution in [3.8, 4) is 28.2 Å². The van der Waals surface area contributed by atoms with Gasteiger partial charge in [0.05, 0.1) is 18.3 Å². The second-order valence-corrected chi connectivity index (χ2v) is 11.7. The zero-order valence-corrected chi connectivity index (χ0v) is 24.0. The summed E-state index contributed by atoms with van der Waals surface area (Å²) in [5.41, 5.74) is 16.8. The van der Waals surface area contributed by atoms with E-state index in [0.717, 1.165) is 12.1 Å². The zero-order valence-electron chi connectivity index (χ0n) is 24.0. The summed E-state index contributed by atoms with van der Waals surface area (Å²) in [7, 11) is 2.23. The van der Waals surface area contributed by atoms with Crippen LogP contribution in [0.15, 0.2) is 60.7 Å². The summed E-state index contributed by atoms with van der Waals surface area (Å²) in [6.07, 6.45) is 0.888. The second-order valence-electron chi connectivity index (χ2n) is 11.7. The van der Waals surface area contributed by atoms with Crippen molar-refractivity contribution >= 4 is 11.0 Å². The predicted molar refractivity (Wildman–Crippen MR) is 158 cm³/mol. The molecule has 6 rings (SSSR count). The number of aromatic nitrogens is 3. The number of imidazole rings is 1. The Kier molecular flexibility index (Phi) is 5.79. The molecule has 0 aliphatic heterocycles. The van der Waals surface area contributed by atoms with E-state index in [1.54, 1.807) is 0 Å². The fraction of sp³-hybridized carbons (Fsp3) is 0.314. The minimum absolute atomic E-state index is 0.392. The van der Waals surface area contributed by atoms with Crippen LogP contribution in [0.25, 0.3) is 39.2 Å². The van der Waals surface area contributed by atoms with Gasteiger partial charge in [0, 0.05) is 34.4 Å². The van der Waals surface area contributed by atoms with Gasteiger partial charge >= 0.3 is 0 Å². The first-order chi connectivity index (χ1) is 18.2. The quantitative estimate of drug-likeness (QED) is 0.223. The SMILES string of the molecule is Cc1cc(C(C)C)c(-[n+]2c(-c3ccccc3C)n(C)c3ccc4c(c32)-c2ccc(C)nc2C4)c(C(C)C)c1. The Labute approximate surface area is 226 Å². The number of benzene rings is 3. The molecule has 0 fully saturated rings. The average Bonchev–Trinajstić information content (AvgIpc) is 3.38. The maximum atomic E-state index is 4.97. The highest BCUT2D eigenvalue weighted by atomic mass is 15.2. The molecule has 1 aliphatic carbocycles. The van der Waals surface area contributed by atoms with Crippen LogP contribution in [0.2, 0.25) is 0 Å². The van der Waals surface area contributed by atoms with Crippen LogP contribution in [0.3, 0.4) is 0 Å². The van der Waals surface area contributed by atoms with E-state index in [0.29, 0.717) is 11.8 Å². The molecular formula is C35H38N3+. The van der Waals surface area contributed by atoms with Gasteiger partial charge < -0.3 is 0 Å². The molecule has 5 aromatic rings. The summed E-state index contributed by atoms with van der Waals surface area (Å²) in [6.45, 7) is 15.9. The fourth-order valence-corrected chi connectivity index (χ4v) is 6.41. The number of rotatable bonds is 4. The lowest BCUT2D eigenvalue weighted by atomic mass is 9.90. The molecule has 38 heavy (non-hydrogen) atoms. The standard InChI is InChI=1S/C35H38N3/c1-20(2)28-17-22(5)18-29(21(3)4)33(28)38-34-31(37(8)35(38)26-12-10-9-11-23(26)6)16-14-25-19-30-27(32(25)34)15-13-24(7)36-30/h9-18,20-21H,19H2,1-8H3/q+1. The highest BCUT2D eigenvalue weighted by Crippen LogP contribution is 2.43. The van der Waals surface area contributed by atoms with Gasteiger partial charge in [0.15, 0.2) is 11.0 Å². The average molecular weight is 501 g/mol. The molecule has 1 aliphatic rings. The summed E-state index contributed by atoms with van der Waals surface area (Å²) in [6, 6.07) is 22.7. The monoisotopic (exact) mass is 500 g/mol. The van der Waals surface area contributed by atoms with Crippen LogP contribution in [-0.2, 0) is 13.5 Å². The maximum Gasteiger partial charge on any atom is 0.295 e. The molecule has 0 spiro atoms. The number of hydrogen-bond acceptors (Lipinski definition) is 1. The van der Waals surface area contributed by atoms with Gasteiger partial charge in [-0.1, -0.05) is 75.7 Å². The first-order valence-corrected chi connectivity index (χ1v) is 13.9. The molecule has 0 saturated heterocycles. The fourth-order valence-electron chi connectivity index (χ4n) is 6.41. The minimum Gasteiger partial charge on any atom is -0.257 e. The molecule has 0 radical (unpaired) electrons. The van der Waals surface area contributed by atoms with Crippen molar-refractivity contribution in [2.24, 2.45) is 7.05 Å². The molecule has 0 unspecified atom stereocenters. The lowest BCUT2D eigenvalue weighted by Crippen LogP contribution is -2.37. The normalized spacial score (nSPS) is 12.6. The summed E-state index contributed by atoms with van der Waals surface area (Å²) < 4.78 is 5.02. The van der Waals surface area contributed by atoms with Crippen molar-refractivity contribution in [2.45, 2.75) is 66.7 Å². The van der Waals surface area contributed by atoms with Crippen LogP contribution in [-0.4, -0.2) is 9.55 Å². The van der Waals surface area contributed by atoms with Crippen molar-refractivity contribution in [1.29, 1.82) is 0 Å². The highest BCUT2D eigenvalue weighted by Gasteiger charge is 2.36. The predicted octanol–water partition coefficient (Wildman–Crippen LogP) is 8.26. The van der Waals surface area contributed by atoms with Gasteiger partial charge in [0.25, 0.3) is 5.82 Å². The lowest BCUT2D eigenvalue weighted by molar-refractivity contribution is -0.556. The van der Waals surface area contributed by atoms with E-state index < -0.39 is 0 Å². The summed E-state index contributed by atoms with van der Waals surface area (Å²) in [4.78, 5) is 4.97. The molecule has 3 aromatic carbocycles. The van der Waals surface area contributed by atoms with Gasteiger partial charge in [0.2, 0.25) is 0 Å². The molecule has 0 saturated carbocycles. The van der Waals surface area contributed by atoms with Crippen molar-refractivity contribution in [3.05, 3.63) is 99.9 Å². The van der Waals surface area contributed by atoms with E-state index in [-0.39, 0.29) is 0 Å². The number of pyridine rings is 1. The molecule has 0 amide bonds. The third-order valence-corrected chi connectivity index (χ3v) is 8.26. The Morgan fingerprint density at radius 2 is 1.50 bits per heavy atom. The Morgan fingerprint density at radius 1 is 0.816 bits per heavy atom. The number of fused-ring (bicyclic) bond motifs is 5. The number of hydrogen-bond donors (Lipinski definition) is 0. The lowest BCUT2D eigenvalue weighted by Gasteiger charge is -2.20. The first kappa shape index (κ1) is 24.6. The second kappa shape index (κ2) is 8.94. The highest BCUT2D eigenvalue weighted by molar-refractivity contribution is 5.96. The van der Waals surface area contributed by atoms with Gasteiger partial charge in [-0.3, -0.25) is 4.98 Å². The topological polar surface area (TPSA) is 21.7 Å². The van der Waals surface area contributed by atoms with Crippen molar-refractivity contribution < 1.29 is 4.57 Å². The molecule has 2 aromatic heterocycles. The van der Waals surface area contributed by atoms with Gasteiger partial charge in [-0.05, 0) is 61.9 Å². The summed E-state index contributed by atoms with van der Waals surface area (Å²) >= 11 is 0. The maximum absolute atomic E-state index is 4.97. The van der Waals surface area contributed by atoms with Crippen LogP contribution < -0.4 is 4.57 Å². The van der Waals surface area contributed by atoms with Crippen LogP contribution in [0, 0.1) is 20.8 Å². The molecule has 2 heterocycles. The minimum atomic E-state index is 0.392. The molecule has 0 atom stereocenters. The van der Waals surface area contributed by atoms with Gasteiger partial charge in [-0.15, -0.1) is 0 Å². The van der Waals surface area contributed by atoms with Crippen LogP contribution in [0.1, 0.15) is 78.7 Å². The van der Waals surface area contributed by atoms with E-state index in [2.05, 4.69) is 125 Å². The van der Waals surface area contributed by atoms with Crippen LogP contribution in [0.5, 0.6) is 0 Å². The van der Waals surface area contributed by atoms with E-state index in [1.807, 2.05) is 0 Å². The Morgan fingerprint density at radius 3 is 2.16 bits per heavy atom. The van der Waals surface area contributed by atoms with Crippen molar-refractivity contribution in [2.75, 3.05) is 0 Å². The van der Waals surface area contributed by atoms with E-state index in [4.69, 9.17) is 4.98 Å². The summed E-state index contributed by atoms with van der Waals surface area (Å²) in [5, 5.41) is 0. The van der Waals surface area contributed by atoms with Crippen LogP contribution in [0.4, 0.5) is 0 Å². The zero-order chi connectivity index (χ0) is 26.9. The third kappa shape index (κ3) is 3.63.